The van der Waals surface area contributed by atoms with E-state index in [1.807, 2.05) is 19.9 Å². The van der Waals surface area contributed by atoms with Crippen molar-refractivity contribution in [3.8, 4) is 0 Å². The van der Waals surface area contributed by atoms with Gasteiger partial charge >= 0.3 is 11.9 Å². The summed E-state index contributed by atoms with van der Waals surface area (Å²) >= 11 is 0. The topological polar surface area (TPSA) is 74.6 Å². The van der Waals surface area contributed by atoms with Crippen molar-refractivity contribution in [1.82, 2.24) is 0 Å². The van der Waals surface area contributed by atoms with E-state index in [9.17, 15) is 9.59 Å². The highest BCUT2D eigenvalue weighted by molar-refractivity contribution is 5.80. The Morgan fingerprint density at radius 1 is 1.22 bits per heavy atom. The van der Waals surface area contributed by atoms with Gasteiger partial charge in [0.2, 0.25) is 0 Å². The van der Waals surface area contributed by atoms with Crippen LogP contribution in [0.5, 0.6) is 0 Å². The quantitative estimate of drug-likeness (QED) is 0.754. The highest BCUT2D eigenvalue weighted by atomic mass is 16.4. The van der Waals surface area contributed by atoms with Crippen molar-refractivity contribution in [2.45, 2.75) is 39.5 Å². The van der Waals surface area contributed by atoms with Gasteiger partial charge in [-0.1, -0.05) is 23.3 Å². The molecule has 1 aliphatic rings. The molecule has 0 amide bonds. The van der Waals surface area contributed by atoms with E-state index in [1.54, 1.807) is 0 Å². The molecular formula is C14H20O4. The van der Waals surface area contributed by atoms with Crippen molar-refractivity contribution in [2.75, 3.05) is 0 Å². The van der Waals surface area contributed by atoms with Gasteiger partial charge in [-0.25, -0.2) is 0 Å². The lowest BCUT2D eigenvalue weighted by molar-refractivity contribution is -0.154. The molecule has 0 unspecified atom stereocenters. The number of carboxylic acids is 2. The van der Waals surface area contributed by atoms with Crippen LogP contribution in [0.15, 0.2) is 23.3 Å². The first-order valence-electron chi connectivity index (χ1n) is 6.18. The third-order valence-corrected chi connectivity index (χ3v) is 3.31. The molecule has 1 fully saturated rings. The SMILES string of the molecule is CC(C)=CCC=C1CC[C@H](C(=O)O)[C@H](C(=O)O)C1. The van der Waals surface area contributed by atoms with E-state index in [2.05, 4.69) is 6.08 Å². The van der Waals surface area contributed by atoms with Crippen LogP contribution in [-0.4, -0.2) is 22.2 Å². The van der Waals surface area contributed by atoms with E-state index in [-0.39, 0.29) is 0 Å². The summed E-state index contributed by atoms with van der Waals surface area (Å²) in [6.07, 6.45) is 6.38. The van der Waals surface area contributed by atoms with E-state index in [4.69, 9.17) is 10.2 Å². The molecule has 0 bridgehead atoms. The molecular weight excluding hydrogens is 232 g/mol. The molecule has 4 heteroatoms. The van der Waals surface area contributed by atoms with Gasteiger partial charge in [0.15, 0.2) is 0 Å². The Morgan fingerprint density at radius 2 is 1.83 bits per heavy atom. The predicted octanol–water partition coefficient (Wildman–Crippen LogP) is 2.85. The van der Waals surface area contributed by atoms with Gasteiger partial charge in [0.1, 0.15) is 0 Å². The van der Waals surface area contributed by atoms with Crippen molar-refractivity contribution < 1.29 is 19.8 Å². The van der Waals surface area contributed by atoms with Crippen LogP contribution in [0.4, 0.5) is 0 Å². The molecule has 2 atom stereocenters. The first-order chi connectivity index (χ1) is 8.41. The van der Waals surface area contributed by atoms with Gasteiger partial charge in [-0.15, -0.1) is 0 Å². The number of carbonyl (C=O) groups is 2. The smallest absolute Gasteiger partial charge is 0.307 e. The molecule has 4 nitrogen and oxygen atoms in total. The van der Waals surface area contributed by atoms with Crippen LogP contribution in [0.2, 0.25) is 0 Å². The molecule has 0 saturated heterocycles. The van der Waals surface area contributed by atoms with Crippen LogP contribution >= 0.6 is 0 Å². The van der Waals surface area contributed by atoms with Gasteiger partial charge in [0, 0.05) is 0 Å². The van der Waals surface area contributed by atoms with E-state index >= 15 is 0 Å². The van der Waals surface area contributed by atoms with Crippen LogP contribution in [0.1, 0.15) is 39.5 Å². The summed E-state index contributed by atoms with van der Waals surface area (Å²) in [7, 11) is 0. The number of hydrogen-bond acceptors (Lipinski definition) is 2. The maximum atomic E-state index is 11.1. The minimum atomic E-state index is -1.00. The lowest BCUT2D eigenvalue weighted by atomic mass is 9.76. The monoisotopic (exact) mass is 252 g/mol. The van der Waals surface area contributed by atoms with Crippen molar-refractivity contribution in [1.29, 1.82) is 0 Å². The second-order valence-electron chi connectivity index (χ2n) is 5.01. The van der Waals surface area contributed by atoms with E-state index < -0.39 is 23.8 Å². The summed E-state index contributed by atoms with van der Waals surface area (Å²) < 4.78 is 0. The molecule has 1 aliphatic carbocycles. The molecule has 0 aromatic carbocycles. The summed E-state index contributed by atoms with van der Waals surface area (Å²) in [6.45, 7) is 4.03. The van der Waals surface area contributed by atoms with Crippen LogP contribution in [0.3, 0.4) is 0 Å². The van der Waals surface area contributed by atoms with Crippen molar-refractivity contribution in [3.63, 3.8) is 0 Å². The largest absolute Gasteiger partial charge is 0.481 e. The fourth-order valence-electron chi connectivity index (χ4n) is 2.27. The number of carboxylic acid groups (broad SMARTS) is 2. The fraction of sp³-hybridized carbons (Fsp3) is 0.571. The van der Waals surface area contributed by atoms with Gasteiger partial charge in [-0.2, -0.15) is 0 Å². The van der Waals surface area contributed by atoms with Crippen molar-refractivity contribution in [3.05, 3.63) is 23.3 Å². The average Bonchev–Trinajstić information content (AvgIpc) is 2.28. The third-order valence-electron chi connectivity index (χ3n) is 3.31. The molecule has 0 spiro atoms. The number of allylic oxidation sites excluding steroid dienone is 4. The Morgan fingerprint density at radius 3 is 2.33 bits per heavy atom. The molecule has 0 radical (unpaired) electrons. The summed E-state index contributed by atoms with van der Waals surface area (Å²) in [4.78, 5) is 22.1. The average molecular weight is 252 g/mol. The van der Waals surface area contributed by atoms with Crippen LogP contribution < -0.4 is 0 Å². The van der Waals surface area contributed by atoms with Crippen LogP contribution in [-0.2, 0) is 9.59 Å². The molecule has 0 heterocycles. The Balaban J connectivity index is 2.71. The molecule has 100 valence electrons. The first-order valence-corrected chi connectivity index (χ1v) is 6.18. The van der Waals surface area contributed by atoms with Gasteiger partial charge in [0.25, 0.3) is 0 Å². The Hall–Kier alpha value is -1.58. The third kappa shape index (κ3) is 4.02. The van der Waals surface area contributed by atoms with Gasteiger partial charge in [-0.3, -0.25) is 9.59 Å². The standard InChI is InChI=1S/C14H20O4/c1-9(2)4-3-5-10-6-7-11(13(15)16)12(8-10)14(17)18/h4-5,11-12H,3,6-8H2,1-2H3,(H,15,16)(H,17,18)/t11-,12+/m0/s1. The van der Waals surface area contributed by atoms with Gasteiger partial charge < -0.3 is 10.2 Å². The van der Waals surface area contributed by atoms with E-state index in [0.29, 0.717) is 19.3 Å². The van der Waals surface area contributed by atoms with Gasteiger partial charge in [0.05, 0.1) is 11.8 Å². The molecule has 1 saturated carbocycles. The second-order valence-corrected chi connectivity index (χ2v) is 5.01. The Kier molecular flexibility index (Phi) is 5.13. The Labute approximate surface area is 107 Å². The fourth-order valence-corrected chi connectivity index (χ4v) is 2.27. The molecule has 1 rings (SSSR count). The zero-order valence-corrected chi connectivity index (χ0v) is 10.8. The maximum absolute atomic E-state index is 11.1. The molecule has 2 N–H and O–H groups in total. The predicted molar refractivity (Wildman–Crippen MR) is 68.2 cm³/mol. The zero-order chi connectivity index (χ0) is 13.7. The number of hydrogen-bond donors (Lipinski definition) is 2. The zero-order valence-electron chi connectivity index (χ0n) is 10.8. The first kappa shape index (κ1) is 14.5. The second kappa shape index (κ2) is 6.38. The van der Waals surface area contributed by atoms with E-state index in [1.165, 1.54) is 5.57 Å². The summed E-state index contributed by atoms with van der Waals surface area (Å²) in [6, 6.07) is 0. The lowest BCUT2D eigenvalue weighted by Gasteiger charge is -2.27. The minimum absolute atomic E-state index is 0.364. The molecule has 18 heavy (non-hydrogen) atoms. The Bertz CT molecular complexity index is 389. The normalized spacial score (nSPS) is 25.8. The van der Waals surface area contributed by atoms with Crippen LogP contribution in [0.25, 0.3) is 0 Å². The lowest BCUT2D eigenvalue weighted by Crippen LogP contribution is -2.33. The van der Waals surface area contributed by atoms with E-state index in [0.717, 1.165) is 12.0 Å². The van der Waals surface area contributed by atoms with Crippen LogP contribution in [0, 0.1) is 11.8 Å². The van der Waals surface area contributed by atoms with Crippen molar-refractivity contribution >= 4 is 11.9 Å². The minimum Gasteiger partial charge on any atom is -0.481 e. The van der Waals surface area contributed by atoms with Crippen molar-refractivity contribution in [2.24, 2.45) is 11.8 Å². The summed E-state index contributed by atoms with van der Waals surface area (Å²) in [5, 5.41) is 18.1. The summed E-state index contributed by atoms with van der Waals surface area (Å²) in [5.74, 6) is -3.53. The number of aliphatic carboxylic acids is 2. The maximum Gasteiger partial charge on any atom is 0.307 e. The molecule has 0 aromatic rings. The highest BCUT2D eigenvalue weighted by Crippen LogP contribution is 2.34. The number of rotatable bonds is 4. The molecule has 0 aromatic heterocycles. The van der Waals surface area contributed by atoms with Gasteiger partial charge in [-0.05, 0) is 39.5 Å². The summed E-state index contributed by atoms with van der Waals surface area (Å²) in [5.41, 5.74) is 2.29. The highest BCUT2D eigenvalue weighted by Gasteiger charge is 2.37. The molecule has 0 aliphatic heterocycles.